The number of nitrogens with one attached hydrogen (secondary N) is 1. The molecule has 0 fully saturated rings. The van der Waals surface area contributed by atoms with E-state index >= 15 is 0 Å². The summed E-state index contributed by atoms with van der Waals surface area (Å²) in [6, 6.07) is 0. The lowest BCUT2D eigenvalue weighted by atomic mass is 10.6. The molecule has 0 aromatic heterocycles. The molecule has 0 aliphatic carbocycles. The quantitative estimate of drug-likeness (QED) is 0.588. The van der Waals surface area contributed by atoms with Crippen LogP contribution in [0.15, 0.2) is 10.4 Å². The van der Waals surface area contributed by atoms with Gasteiger partial charge in [-0.3, -0.25) is 0 Å². The first kappa shape index (κ1) is 6.95. The molecule has 0 saturated heterocycles. The summed E-state index contributed by atoms with van der Waals surface area (Å²) in [4.78, 5) is 0. The van der Waals surface area contributed by atoms with Crippen LogP contribution in [0.4, 0.5) is 4.39 Å². The summed E-state index contributed by atoms with van der Waals surface area (Å²) < 4.78 is 12.3. The standard InChI is InChI=1S/C4H7BrFN/c1-3(6)4(5)7-2/h7H,1-2H3/b4-3+. The highest BCUT2D eigenvalue weighted by molar-refractivity contribution is 9.11. The Hall–Kier alpha value is -0.0500. The lowest BCUT2D eigenvalue weighted by Crippen LogP contribution is -1.99. The molecule has 1 nitrogen and oxygen atoms in total. The Morgan fingerprint density at radius 3 is 2.14 bits per heavy atom. The van der Waals surface area contributed by atoms with Gasteiger partial charge in [-0.25, -0.2) is 4.39 Å². The fraction of sp³-hybridized carbons (Fsp3) is 0.500. The summed E-state index contributed by atoms with van der Waals surface area (Å²) in [7, 11) is 1.65. The zero-order valence-electron chi connectivity index (χ0n) is 4.26. The Kier molecular flexibility index (Phi) is 3.00. The van der Waals surface area contributed by atoms with E-state index in [1.165, 1.54) is 6.92 Å². The summed E-state index contributed by atoms with van der Waals surface area (Å²) in [6.07, 6.45) is 0. The van der Waals surface area contributed by atoms with Gasteiger partial charge in [-0.05, 0) is 22.9 Å². The Morgan fingerprint density at radius 2 is 2.14 bits per heavy atom. The van der Waals surface area contributed by atoms with Crippen LogP contribution in [0.25, 0.3) is 0 Å². The van der Waals surface area contributed by atoms with Crippen molar-refractivity contribution in [2.45, 2.75) is 6.92 Å². The van der Waals surface area contributed by atoms with Crippen LogP contribution in [-0.2, 0) is 0 Å². The topological polar surface area (TPSA) is 12.0 Å². The van der Waals surface area contributed by atoms with Crippen molar-refractivity contribution >= 4 is 15.9 Å². The lowest BCUT2D eigenvalue weighted by Gasteiger charge is -1.92. The third-order valence-corrected chi connectivity index (χ3v) is 1.46. The SMILES string of the molecule is CN/C(Br)=C(\C)F. The first-order valence-electron chi connectivity index (χ1n) is 1.88. The van der Waals surface area contributed by atoms with Crippen molar-refractivity contribution < 1.29 is 4.39 Å². The number of hydrogen-bond donors (Lipinski definition) is 1. The van der Waals surface area contributed by atoms with E-state index in [9.17, 15) is 4.39 Å². The fourth-order valence-corrected chi connectivity index (χ4v) is 0.172. The predicted octanol–water partition coefficient (Wildman–Crippen LogP) is 1.76. The second-order valence-corrected chi connectivity index (χ2v) is 1.89. The monoisotopic (exact) mass is 167 g/mol. The van der Waals surface area contributed by atoms with Gasteiger partial charge in [0.05, 0.1) is 0 Å². The highest BCUT2D eigenvalue weighted by Crippen LogP contribution is 2.06. The highest BCUT2D eigenvalue weighted by Gasteiger charge is 1.88. The second kappa shape index (κ2) is 3.02. The van der Waals surface area contributed by atoms with Gasteiger partial charge in [-0.2, -0.15) is 0 Å². The van der Waals surface area contributed by atoms with Crippen molar-refractivity contribution in [3.63, 3.8) is 0 Å². The maximum Gasteiger partial charge on any atom is 0.127 e. The minimum absolute atomic E-state index is 0.234. The van der Waals surface area contributed by atoms with Crippen molar-refractivity contribution in [1.82, 2.24) is 5.32 Å². The maximum atomic E-state index is 11.9. The van der Waals surface area contributed by atoms with Gasteiger partial charge in [0.2, 0.25) is 0 Å². The van der Waals surface area contributed by atoms with Crippen LogP contribution in [0.5, 0.6) is 0 Å². The molecule has 0 heterocycles. The van der Waals surface area contributed by atoms with Gasteiger partial charge in [0.1, 0.15) is 10.4 Å². The molecule has 0 aromatic rings. The van der Waals surface area contributed by atoms with E-state index in [4.69, 9.17) is 0 Å². The zero-order chi connectivity index (χ0) is 5.86. The molecule has 0 rings (SSSR count). The van der Waals surface area contributed by atoms with Crippen LogP contribution < -0.4 is 5.32 Å². The summed E-state index contributed by atoms with van der Waals surface area (Å²) in [5.41, 5.74) is 0. The van der Waals surface area contributed by atoms with Crippen LogP contribution in [0.2, 0.25) is 0 Å². The second-order valence-electron chi connectivity index (χ2n) is 1.10. The largest absolute Gasteiger partial charge is 0.380 e. The van der Waals surface area contributed by atoms with Crippen molar-refractivity contribution in [1.29, 1.82) is 0 Å². The molecule has 0 bridgehead atoms. The van der Waals surface area contributed by atoms with E-state index in [-0.39, 0.29) is 5.83 Å². The van der Waals surface area contributed by atoms with Gasteiger partial charge in [0, 0.05) is 7.05 Å². The van der Waals surface area contributed by atoms with E-state index < -0.39 is 0 Å². The molecule has 0 amide bonds. The van der Waals surface area contributed by atoms with Gasteiger partial charge in [-0.15, -0.1) is 0 Å². The molecule has 0 aliphatic rings. The Balaban J connectivity index is 3.72. The van der Waals surface area contributed by atoms with Gasteiger partial charge >= 0.3 is 0 Å². The van der Waals surface area contributed by atoms with Crippen molar-refractivity contribution in [2.24, 2.45) is 0 Å². The van der Waals surface area contributed by atoms with E-state index in [0.717, 1.165) is 0 Å². The van der Waals surface area contributed by atoms with Gasteiger partial charge in [-0.1, -0.05) is 0 Å². The van der Waals surface area contributed by atoms with E-state index in [1.54, 1.807) is 7.05 Å². The van der Waals surface area contributed by atoms with E-state index in [1.807, 2.05) is 0 Å². The van der Waals surface area contributed by atoms with Crippen LogP contribution in [0.1, 0.15) is 6.92 Å². The molecule has 0 spiro atoms. The summed E-state index contributed by atoms with van der Waals surface area (Å²) in [6.45, 7) is 1.38. The van der Waals surface area contributed by atoms with Gasteiger partial charge < -0.3 is 5.32 Å². The number of hydrogen-bond acceptors (Lipinski definition) is 1. The molecule has 3 heteroatoms. The molecule has 7 heavy (non-hydrogen) atoms. The average Bonchev–Trinajstić information content (AvgIpc) is 1.65. The molecule has 0 saturated carbocycles. The predicted molar refractivity (Wildman–Crippen MR) is 31.8 cm³/mol. The molecule has 0 radical (unpaired) electrons. The number of allylic oxidation sites excluding steroid dienone is 1. The lowest BCUT2D eigenvalue weighted by molar-refractivity contribution is 0.628. The number of halogens is 2. The van der Waals surface area contributed by atoms with Gasteiger partial charge in [0.15, 0.2) is 0 Å². The highest BCUT2D eigenvalue weighted by atomic mass is 79.9. The minimum Gasteiger partial charge on any atom is -0.380 e. The van der Waals surface area contributed by atoms with Crippen molar-refractivity contribution in [2.75, 3.05) is 7.05 Å². The van der Waals surface area contributed by atoms with Gasteiger partial charge in [0.25, 0.3) is 0 Å². The van der Waals surface area contributed by atoms with Crippen molar-refractivity contribution in [3.05, 3.63) is 10.4 Å². The molecule has 0 aliphatic heterocycles. The van der Waals surface area contributed by atoms with E-state index in [0.29, 0.717) is 4.61 Å². The summed E-state index contributed by atoms with van der Waals surface area (Å²) in [5, 5.41) is 2.59. The Labute approximate surface area is 50.7 Å². The molecule has 0 atom stereocenters. The summed E-state index contributed by atoms with van der Waals surface area (Å²) in [5.74, 6) is -0.234. The zero-order valence-corrected chi connectivity index (χ0v) is 5.84. The first-order chi connectivity index (χ1) is 3.18. The molecule has 0 aromatic carbocycles. The molecule has 1 N–H and O–H groups in total. The summed E-state index contributed by atoms with van der Waals surface area (Å²) >= 11 is 2.93. The molecule has 42 valence electrons. The molecular formula is C4H7BrFN. The van der Waals surface area contributed by atoms with E-state index in [2.05, 4.69) is 21.2 Å². The maximum absolute atomic E-state index is 11.9. The minimum atomic E-state index is -0.234. The average molecular weight is 168 g/mol. The normalized spacial score (nSPS) is 13.1. The molecular weight excluding hydrogens is 161 g/mol. The third-order valence-electron chi connectivity index (χ3n) is 0.522. The van der Waals surface area contributed by atoms with Crippen LogP contribution in [0, 0.1) is 0 Å². The van der Waals surface area contributed by atoms with Crippen molar-refractivity contribution in [3.8, 4) is 0 Å². The fourth-order valence-electron chi connectivity index (χ4n) is 0.172. The van der Waals surface area contributed by atoms with Crippen LogP contribution in [-0.4, -0.2) is 7.05 Å². The molecule has 0 unspecified atom stereocenters. The smallest absolute Gasteiger partial charge is 0.127 e. The third kappa shape index (κ3) is 2.62. The number of rotatable bonds is 1. The Bertz CT molecular complexity index is 85.7. The first-order valence-corrected chi connectivity index (χ1v) is 2.67. The Morgan fingerprint density at radius 1 is 1.71 bits per heavy atom. The van der Waals surface area contributed by atoms with Crippen LogP contribution in [0.3, 0.4) is 0 Å². The van der Waals surface area contributed by atoms with Crippen LogP contribution >= 0.6 is 15.9 Å².